The van der Waals surface area contributed by atoms with Gasteiger partial charge in [0.15, 0.2) is 11.5 Å². The van der Waals surface area contributed by atoms with Crippen LogP contribution in [0.5, 0.6) is 11.5 Å². The van der Waals surface area contributed by atoms with Gasteiger partial charge in [0.1, 0.15) is 5.82 Å². The van der Waals surface area contributed by atoms with Crippen molar-refractivity contribution >= 4 is 17.4 Å². The molecule has 5 nitrogen and oxygen atoms in total. The van der Waals surface area contributed by atoms with Crippen LogP contribution in [0.1, 0.15) is 12.8 Å². The van der Waals surface area contributed by atoms with Crippen LogP contribution in [0.15, 0.2) is 18.3 Å². The summed E-state index contributed by atoms with van der Waals surface area (Å²) in [6.07, 6.45) is 4.03. The van der Waals surface area contributed by atoms with Gasteiger partial charge in [-0.3, -0.25) is 5.10 Å². The second kappa shape index (κ2) is 4.66. The molecular formula is C13H14ClN3O2. The summed E-state index contributed by atoms with van der Waals surface area (Å²) in [4.78, 5) is 0. The standard InChI is InChI=1S/C13H14ClN3O2/c1-18-11-5-7(14)4-9(10-6-16-17-13(10)15)12(11)19-8-2-3-8/h4-6,8H,2-3H2,1H3,(H3,15,16,17). The summed E-state index contributed by atoms with van der Waals surface area (Å²) >= 11 is 6.12. The molecule has 0 atom stereocenters. The molecule has 1 heterocycles. The smallest absolute Gasteiger partial charge is 0.169 e. The van der Waals surface area contributed by atoms with Crippen LogP contribution >= 0.6 is 11.6 Å². The number of nitrogens with two attached hydrogens (primary N) is 1. The maximum absolute atomic E-state index is 6.12. The van der Waals surface area contributed by atoms with Gasteiger partial charge in [0.05, 0.1) is 19.4 Å². The van der Waals surface area contributed by atoms with Crippen LogP contribution in [0.25, 0.3) is 11.1 Å². The molecule has 0 aliphatic heterocycles. The third-order valence-corrected chi connectivity index (χ3v) is 3.23. The molecule has 0 saturated heterocycles. The van der Waals surface area contributed by atoms with Crippen molar-refractivity contribution in [1.29, 1.82) is 0 Å². The van der Waals surface area contributed by atoms with Gasteiger partial charge in [0.2, 0.25) is 0 Å². The highest BCUT2D eigenvalue weighted by Crippen LogP contribution is 2.44. The molecule has 6 heteroatoms. The lowest BCUT2D eigenvalue weighted by molar-refractivity contribution is 0.283. The first-order valence-corrected chi connectivity index (χ1v) is 6.40. The van der Waals surface area contributed by atoms with Crippen LogP contribution in [0.4, 0.5) is 5.82 Å². The van der Waals surface area contributed by atoms with Gasteiger partial charge in [-0.15, -0.1) is 0 Å². The number of aromatic nitrogens is 2. The van der Waals surface area contributed by atoms with Crippen molar-refractivity contribution in [3.8, 4) is 22.6 Å². The zero-order valence-electron chi connectivity index (χ0n) is 10.4. The first-order valence-electron chi connectivity index (χ1n) is 6.02. The average Bonchev–Trinajstić information content (AvgIpc) is 3.11. The highest BCUT2D eigenvalue weighted by molar-refractivity contribution is 6.31. The van der Waals surface area contributed by atoms with Gasteiger partial charge < -0.3 is 15.2 Å². The summed E-state index contributed by atoms with van der Waals surface area (Å²) in [6.45, 7) is 0. The molecule has 1 saturated carbocycles. The highest BCUT2D eigenvalue weighted by atomic mass is 35.5. The Hall–Kier alpha value is -1.88. The monoisotopic (exact) mass is 279 g/mol. The number of halogens is 1. The molecule has 3 N–H and O–H groups in total. The second-order valence-electron chi connectivity index (χ2n) is 4.50. The Morgan fingerprint density at radius 1 is 1.37 bits per heavy atom. The third kappa shape index (κ3) is 2.33. The first-order chi connectivity index (χ1) is 9.19. The van der Waals surface area contributed by atoms with E-state index < -0.39 is 0 Å². The number of benzene rings is 1. The lowest BCUT2D eigenvalue weighted by Gasteiger charge is -2.15. The predicted molar refractivity (Wildman–Crippen MR) is 73.6 cm³/mol. The average molecular weight is 280 g/mol. The summed E-state index contributed by atoms with van der Waals surface area (Å²) in [5.41, 5.74) is 7.43. The molecule has 1 aromatic carbocycles. The first kappa shape index (κ1) is 12.2. The van der Waals surface area contributed by atoms with Crippen molar-refractivity contribution < 1.29 is 9.47 Å². The summed E-state index contributed by atoms with van der Waals surface area (Å²) in [6, 6.07) is 3.54. The fraction of sp³-hybridized carbons (Fsp3) is 0.308. The van der Waals surface area contributed by atoms with Crippen LogP contribution in [0.3, 0.4) is 0 Å². The number of nitrogens with one attached hydrogen (secondary N) is 1. The number of rotatable bonds is 4. The molecule has 3 rings (SSSR count). The maximum atomic E-state index is 6.12. The van der Waals surface area contributed by atoms with E-state index in [2.05, 4.69) is 10.2 Å². The predicted octanol–water partition coefficient (Wildman–Crippen LogP) is 2.86. The zero-order valence-corrected chi connectivity index (χ0v) is 11.2. The molecule has 2 aromatic rings. The van der Waals surface area contributed by atoms with Crippen molar-refractivity contribution in [3.63, 3.8) is 0 Å². The van der Waals surface area contributed by atoms with E-state index in [0.29, 0.717) is 22.3 Å². The number of methoxy groups -OCH3 is 1. The molecule has 1 aliphatic carbocycles. The Kier molecular flexibility index (Phi) is 2.98. The van der Waals surface area contributed by atoms with Crippen LogP contribution in [-0.2, 0) is 0 Å². The molecule has 1 aliphatic rings. The summed E-state index contributed by atoms with van der Waals surface area (Å²) in [7, 11) is 1.59. The lowest BCUT2D eigenvalue weighted by Crippen LogP contribution is -2.01. The van der Waals surface area contributed by atoms with E-state index in [4.69, 9.17) is 26.8 Å². The van der Waals surface area contributed by atoms with Crippen LogP contribution in [0.2, 0.25) is 5.02 Å². The van der Waals surface area contributed by atoms with E-state index in [1.807, 2.05) is 6.07 Å². The summed E-state index contributed by atoms with van der Waals surface area (Å²) in [5, 5.41) is 7.20. The summed E-state index contributed by atoms with van der Waals surface area (Å²) in [5.74, 6) is 1.75. The van der Waals surface area contributed by atoms with Crippen molar-refractivity contribution in [3.05, 3.63) is 23.4 Å². The number of hydrogen-bond donors (Lipinski definition) is 2. The molecule has 0 unspecified atom stereocenters. The maximum Gasteiger partial charge on any atom is 0.169 e. The van der Waals surface area contributed by atoms with Gasteiger partial charge in [0, 0.05) is 22.2 Å². The number of anilines is 1. The van der Waals surface area contributed by atoms with E-state index in [-0.39, 0.29) is 6.10 Å². The van der Waals surface area contributed by atoms with Crippen LogP contribution in [0, 0.1) is 0 Å². The molecule has 0 spiro atoms. The minimum atomic E-state index is 0.252. The van der Waals surface area contributed by atoms with Gasteiger partial charge >= 0.3 is 0 Å². The number of H-pyrrole nitrogens is 1. The lowest BCUT2D eigenvalue weighted by atomic mass is 10.1. The molecule has 19 heavy (non-hydrogen) atoms. The van der Waals surface area contributed by atoms with Crippen LogP contribution < -0.4 is 15.2 Å². The SMILES string of the molecule is COc1cc(Cl)cc(-c2cn[nH]c2N)c1OC1CC1. The molecule has 0 amide bonds. The van der Waals surface area contributed by atoms with Gasteiger partial charge in [-0.2, -0.15) is 5.10 Å². The fourth-order valence-electron chi connectivity index (χ4n) is 1.91. The van der Waals surface area contributed by atoms with Crippen molar-refractivity contribution in [1.82, 2.24) is 10.2 Å². The summed E-state index contributed by atoms with van der Waals surface area (Å²) < 4.78 is 11.3. The minimum Gasteiger partial charge on any atom is -0.493 e. The Bertz CT molecular complexity index is 608. The molecule has 1 fully saturated rings. The molecular weight excluding hydrogens is 266 g/mol. The van der Waals surface area contributed by atoms with E-state index in [0.717, 1.165) is 24.0 Å². The van der Waals surface area contributed by atoms with Gasteiger partial charge in [-0.05, 0) is 18.9 Å². The number of nitrogens with zero attached hydrogens (tertiary/aromatic N) is 1. The Morgan fingerprint density at radius 3 is 2.74 bits per heavy atom. The van der Waals surface area contributed by atoms with E-state index >= 15 is 0 Å². The zero-order chi connectivity index (χ0) is 13.4. The van der Waals surface area contributed by atoms with Crippen molar-refractivity contribution in [2.75, 3.05) is 12.8 Å². The molecule has 0 bridgehead atoms. The van der Waals surface area contributed by atoms with Gasteiger partial charge in [0.25, 0.3) is 0 Å². The number of hydrogen-bond acceptors (Lipinski definition) is 4. The van der Waals surface area contributed by atoms with Crippen molar-refractivity contribution in [2.45, 2.75) is 18.9 Å². The van der Waals surface area contributed by atoms with Gasteiger partial charge in [-0.25, -0.2) is 0 Å². The second-order valence-corrected chi connectivity index (χ2v) is 4.94. The number of ether oxygens (including phenoxy) is 2. The van der Waals surface area contributed by atoms with E-state index in [1.54, 1.807) is 19.4 Å². The van der Waals surface area contributed by atoms with Crippen molar-refractivity contribution in [2.24, 2.45) is 0 Å². The number of nitrogen functional groups attached to an aromatic ring is 1. The molecule has 0 radical (unpaired) electrons. The molecule has 1 aromatic heterocycles. The van der Waals surface area contributed by atoms with Gasteiger partial charge in [-0.1, -0.05) is 11.6 Å². The Morgan fingerprint density at radius 2 is 2.16 bits per heavy atom. The quantitative estimate of drug-likeness (QED) is 0.902. The molecule has 100 valence electrons. The highest BCUT2D eigenvalue weighted by Gasteiger charge is 2.27. The topological polar surface area (TPSA) is 73.2 Å². The van der Waals surface area contributed by atoms with E-state index in [1.165, 1.54) is 0 Å². The Balaban J connectivity index is 2.14. The Labute approximate surface area is 115 Å². The normalized spacial score (nSPS) is 14.4. The van der Waals surface area contributed by atoms with E-state index in [9.17, 15) is 0 Å². The van der Waals surface area contributed by atoms with Crippen LogP contribution in [-0.4, -0.2) is 23.4 Å². The number of aromatic amines is 1. The largest absolute Gasteiger partial charge is 0.493 e. The fourth-order valence-corrected chi connectivity index (χ4v) is 2.11. The minimum absolute atomic E-state index is 0.252. The third-order valence-electron chi connectivity index (χ3n) is 3.01.